The Bertz CT molecular complexity index is 2360. The number of likely N-dealkylation sites (N-methyl/N-ethyl adjacent to an activating group) is 1. The van der Waals surface area contributed by atoms with Crippen LogP contribution in [0.3, 0.4) is 0 Å². The Labute approximate surface area is 341 Å². The Morgan fingerprint density at radius 3 is 2.66 bits per heavy atom. The number of ether oxygens (including phenoxy) is 1. The highest BCUT2D eigenvalue weighted by Gasteiger charge is 2.41. The van der Waals surface area contributed by atoms with E-state index in [9.17, 15) is 19.2 Å². The average Bonchev–Trinajstić information content (AvgIpc) is 3.95. The molecule has 3 atom stereocenters. The van der Waals surface area contributed by atoms with Gasteiger partial charge in [0.15, 0.2) is 17.1 Å². The molecule has 6 aliphatic rings. The number of primary amides is 1. The standard InChI is InChI=1S/C43H50N10O6/c1-50-17-18-53(42(50)57)29-3-2-14-52(24-29)34-22-45-37(39(44)55)40(47-34)46-28-5-8-33-27(21-28)10-11-43(58-33)12-15-51(16-13-43)23-25-19-26-4-6-30-36(49-59-38(30)32(26)20-25)31-7-9-35(54)48-41(31)56/h4-6,8,21-22,25,29,31H,2-3,7,9-20,23-24H2,1H3,(H2,44,55)(H,46,47)(H,48,54,56)/t25-,29-,31?/m1/s1. The van der Waals surface area contributed by atoms with Crippen molar-refractivity contribution in [2.45, 2.75) is 81.8 Å². The van der Waals surface area contributed by atoms with E-state index in [4.69, 9.17) is 20.0 Å². The molecule has 2 aromatic heterocycles. The van der Waals surface area contributed by atoms with Gasteiger partial charge in [0.25, 0.3) is 5.91 Å². The molecule has 308 valence electrons. The highest BCUT2D eigenvalue weighted by Crippen LogP contribution is 2.42. The number of likely N-dealkylation sites (tertiary alicyclic amines) is 1. The Morgan fingerprint density at radius 2 is 1.86 bits per heavy atom. The van der Waals surface area contributed by atoms with Crippen LogP contribution < -0.4 is 26.0 Å². The minimum Gasteiger partial charge on any atom is -0.487 e. The zero-order valence-corrected chi connectivity index (χ0v) is 33.4. The summed E-state index contributed by atoms with van der Waals surface area (Å²) in [5, 5.41) is 11.0. The first-order valence-electron chi connectivity index (χ1n) is 21.1. The molecule has 7 heterocycles. The van der Waals surface area contributed by atoms with Gasteiger partial charge in [0, 0.05) is 75.9 Å². The molecule has 4 saturated heterocycles. The quantitative estimate of drug-likeness (QED) is 0.218. The van der Waals surface area contributed by atoms with Gasteiger partial charge in [-0.05, 0) is 99.1 Å². The number of nitrogens with zero attached hydrogens (tertiary/aromatic N) is 7. The van der Waals surface area contributed by atoms with E-state index in [0.29, 0.717) is 42.6 Å². The maximum atomic E-state index is 12.7. The number of nitrogens with two attached hydrogens (primary N) is 1. The SMILES string of the molecule is CN1CCN([C@@H]2CCCN(c3cnc(C(N)=O)c(Nc4ccc5c(c4)CCC4(CCN(C[C@@H]6Cc7ccc8c(C9CCC(=O)NC9=O)noc8c7C6)CC4)O5)n3)C2)C1=O. The number of carbonyl (C=O) groups excluding carboxylic acids is 4. The predicted molar refractivity (Wildman–Crippen MR) is 218 cm³/mol. The number of amides is 5. The van der Waals surface area contributed by atoms with Gasteiger partial charge >= 0.3 is 6.03 Å². The summed E-state index contributed by atoms with van der Waals surface area (Å²) >= 11 is 0. The van der Waals surface area contributed by atoms with Gasteiger partial charge in [-0.3, -0.25) is 19.7 Å². The van der Waals surface area contributed by atoms with Crippen LogP contribution in [0.25, 0.3) is 11.0 Å². The fraction of sp³-hybridized carbons (Fsp3) is 0.512. The van der Waals surface area contributed by atoms with Crippen molar-refractivity contribution >= 4 is 52.0 Å². The second kappa shape index (κ2) is 14.8. The molecule has 0 radical (unpaired) electrons. The number of anilines is 3. The maximum absolute atomic E-state index is 12.7. The first-order valence-corrected chi connectivity index (χ1v) is 21.1. The fourth-order valence-corrected chi connectivity index (χ4v) is 10.4. The third kappa shape index (κ3) is 7.00. The lowest BCUT2D eigenvalue weighted by Crippen LogP contribution is -2.50. The first-order chi connectivity index (χ1) is 28.6. The number of hydrogen-bond donors (Lipinski definition) is 3. The van der Waals surface area contributed by atoms with Crippen LogP contribution in [0.1, 0.15) is 83.7 Å². The molecule has 0 saturated carbocycles. The van der Waals surface area contributed by atoms with E-state index in [0.717, 1.165) is 119 Å². The van der Waals surface area contributed by atoms with Crippen LogP contribution in [0, 0.1) is 5.92 Å². The van der Waals surface area contributed by atoms with Crippen LogP contribution in [-0.4, -0.2) is 118 Å². The van der Waals surface area contributed by atoms with Gasteiger partial charge in [-0.2, -0.15) is 0 Å². The Morgan fingerprint density at radius 1 is 1.00 bits per heavy atom. The summed E-state index contributed by atoms with van der Waals surface area (Å²) < 4.78 is 12.7. The number of aryl methyl sites for hydroxylation is 1. The molecule has 1 aliphatic carbocycles. The minimum absolute atomic E-state index is 0.0646. The van der Waals surface area contributed by atoms with E-state index in [1.807, 2.05) is 30.1 Å². The molecule has 16 nitrogen and oxygen atoms in total. The lowest BCUT2D eigenvalue weighted by atomic mass is 9.82. The third-order valence-electron chi connectivity index (χ3n) is 13.6. The van der Waals surface area contributed by atoms with Crippen molar-refractivity contribution in [3.63, 3.8) is 0 Å². The number of nitrogens with one attached hydrogen (secondary N) is 2. The van der Waals surface area contributed by atoms with Crippen LogP contribution in [0.15, 0.2) is 41.1 Å². The zero-order valence-electron chi connectivity index (χ0n) is 33.4. The summed E-state index contributed by atoms with van der Waals surface area (Å²) in [5.74, 6) is 0.645. The molecular formula is C43H50N10O6. The van der Waals surface area contributed by atoms with Gasteiger partial charge in [0.05, 0.1) is 18.2 Å². The van der Waals surface area contributed by atoms with Crippen molar-refractivity contribution in [1.82, 2.24) is 35.1 Å². The van der Waals surface area contributed by atoms with Gasteiger partial charge in [-0.1, -0.05) is 11.2 Å². The predicted octanol–water partition coefficient (Wildman–Crippen LogP) is 3.89. The Hall–Kier alpha value is -5.77. The lowest BCUT2D eigenvalue weighted by molar-refractivity contribution is -0.134. The third-order valence-corrected chi connectivity index (χ3v) is 13.6. The van der Waals surface area contributed by atoms with Gasteiger partial charge in [0.2, 0.25) is 11.8 Å². The molecule has 16 heteroatoms. The van der Waals surface area contributed by atoms with E-state index in [2.05, 4.69) is 42.7 Å². The van der Waals surface area contributed by atoms with Gasteiger partial charge in [-0.25, -0.2) is 14.8 Å². The highest BCUT2D eigenvalue weighted by atomic mass is 16.5. The van der Waals surface area contributed by atoms with Gasteiger partial charge < -0.3 is 39.9 Å². The van der Waals surface area contributed by atoms with E-state index in [1.165, 1.54) is 11.1 Å². The van der Waals surface area contributed by atoms with E-state index < -0.39 is 11.8 Å². The Balaban J connectivity index is 0.760. The summed E-state index contributed by atoms with van der Waals surface area (Å²) in [4.78, 5) is 67.2. The largest absolute Gasteiger partial charge is 0.487 e. The second-order valence-corrected chi connectivity index (χ2v) is 17.4. The molecule has 59 heavy (non-hydrogen) atoms. The highest BCUT2D eigenvalue weighted by molar-refractivity contribution is 6.02. The summed E-state index contributed by atoms with van der Waals surface area (Å²) in [6.45, 7) is 5.81. The summed E-state index contributed by atoms with van der Waals surface area (Å²) in [5.41, 5.74) is 11.4. The summed E-state index contributed by atoms with van der Waals surface area (Å²) in [7, 11) is 1.84. The van der Waals surface area contributed by atoms with Crippen molar-refractivity contribution in [1.29, 1.82) is 0 Å². The van der Waals surface area contributed by atoms with Crippen molar-refractivity contribution in [2.24, 2.45) is 11.7 Å². The number of piperidine rings is 3. The van der Waals surface area contributed by atoms with Crippen LogP contribution >= 0.6 is 0 Å². The zero-order chi connectivity index (χ0) is 40.4. The normalized spacial score (nSPS) is 24.3. The molecule has 0 bridgehead atoms. The number of benzene rings is 2. The van der Waals surface area contributed by atoms with Gasteiger partial charge in [-0.15, -0.1) is 0 Å². The summed E-state index contributed by atoms with van der Waals surface area (Å²) in [6.07, 6.45) is 9.83. The fourth-order valence-electron chi connectivity index (χ4n) is 10.4. The number of rotatable bonds is 8. The van der Waals surface area contributed by atoms with Crippen molar-refractivity contribution < 1.29 is 28.4 Å². The van der Waals surface area contributed by atoms with E-state index in [1.54, 1.807) is 11.1 Å². The smallest absolute Gasteiger partial charge is 0.320 e. The number of fused-ring (bicyclic) bond motifs is 4. The van der Waals surface area contributed by atoms with E-state index in [-0.39, 0.29) is 35.2 Å². The van der Waals surface area contributed by atoms with Crippen LogP contribution in [-0.2, 0) is 28.9 Å². The van der Waals surface area contributed by atoms with E-state index >= 15 is 0 Å². The lowest BCUT2D eigenvalue weighted by Gasteiger charge is -2.45. The molecule has 5 amide bonds. The van der Waals surface area contributed by atoms with Crippen molar-refractivity contribution in [2.75, 3.05) is 63.1 Å². The number of imide groups is 1. The second-order valence-electron chi connectivity index (χ2n) is 17.4. The first kappa shape index (κ1) is 37.5. The number of urea groups is 1. The minimum atomic E-state index is -0.659. The van der Waals surface area contributed by atoms with Crippen LogP contribution in [0.5, 0.6) is 5.75 Å². The molecule has 5 aliphatic heterocycles. The molecular weight excluding hydrogens is 753 g/mol. The average molecular weight is 803 g/mol. The van der Waals surface area contributed by atoms with Crippen molar-refractivity contribution in [3.05, 3.63) is 64.6 Å². The van der Waals surface area contributed by atoms with Crippen molar-refractivity contribution in [3.8, 4) is 5.75 Å². The van der Waals surface area contributed by atoms with Crippen LogP contribution in [0.4, 0.5) is 22.1 Å². The van der Waals surface area contributed by atoms with Gasteiger partial charge in [0.1, 0.15) is 22.9 Å². The summed E-state index contributed by atoms with van der Waals surface area (Å²) in [6, 6.07) is 10.4. The van der Waals surface area contributed by atoms with Crippen LogP contribution in [0.2, 0.25) is 0 Å². The number of aromatic nitrogens is 3. The molecule has 4 aromatic rings. The monoisotopic (exact) mass is 802 g/mol. The topological polar surface area (TPSA) is 192 Å². The molecule has 2 aromatic carbocycles. The number of carbonyl (C=O) groups is 4. The molecule has 1 unspecified atom stereocenters. The molecule has 10 rings (SSSR count). The molecule has 4 N–H and O–H groups in total. The maximum Gasteiger partial charge on any atom is 0.320 e. The molecule has 4 fully saturated rings. The Kier molecular flexibility index (Phi) is 9.41. The number of hydrogen-bond acceptors (Lipinski definition) is 12. The molecule has 1 spiro atoms.